The van der Waals surface area contributed by atoms with E-state index in [0.29, 0.717) is 13.2 Å². The van der Waals surface area contributed by atoms with Crippen molar-refractivity contribution in [2.24, 2.45) is 0 Å². The predicted octanol–water partition coefficient (Wildman–Crippen LogP) is -0.395. The maximum atomic E-state index is 13.2. The zero-order valence-electron chi connectivity index (χ0n) is 18.6. The molecule has 3 rings (SSSR count). The highest BCUT2D eigenvalue weighted by atomic mass is 32.2. The highest BCUT2D eigenvalue weighted by Gasteiger charge is 2.20. The van der Waals surface area contributed by atoms with Gasteiger partial charge in [0.25, 0.3) is 5.56 Å². The summed E-state index contributed by atoms with van der Waals surface area (Å²) in [6.07, 6.45) is 1.46. The highest BCUT2D eigenvalue weighted by molar-refractivity contribution is 7.91. The van der Waals surface area contributed by atoms with Gasteiger partial charge in [0.05, 0.1) is 25.2 Å². The lowest BCUT2D eigenvalue weighted by Gasteiger charge is -2.13. The number of methoxy groups -OCH3 is 1. The lowest BCUT2D eigenvalue weighted by molar-refractivity contribution is -0.121. The van der Waals surface area contributed by atoms with Gasteiger partial charge in [0.2, 0.25) is 5.91 Å². The standard InChI is InChI=1S/C21H27N5O6S/c1-3-33(30,31)12-9-22-17(27)14-26-20(28)18-19(23-15-24(18)10-11-32-2)25(21(26)29)13-16-7-5-4-6-8-16/h4-8,15H,3,9-14H2,1-2H3,(H,22,27). The number of aromatic nitrogens is 4. The van der Waals surface area contributed by atoms with E-state index in [1.807, 2.05) is 30.3 Å². The second-order valence-electron chi connectivity index (χ2n) is 7.43. The van der Waals surface area contributed by atoms with Crippen molar-refractivity contribution in [3.8, 4) is 0 Å². The number of ether oxygens (including phenoxy) is 1. The number of amides is 1. The van der Waals surface area contributed by atoms with Crippen molar-refractivity contribution in [2.45, 2.75) is 26.6 Å². The van der Waals surface area contributed by atoms with Crippen LogP contribution in [0.5, 0.6) is 0 Å². The number of carbonyl (C=O) groups excluding carboxylic acids is 1. The molecule has 0 radical (unpaired) electrons. The summed E-state index contributed by atoms with van der Waals surface area (Å²) in [6.45, 7) is 1.71. The fraction of sp³-hybridized carbons (Fsp3) is 0.429. The van der Waals surface area contributed by atoms with Gasteiger partial charge in [-0.15, -0.1) is 0 Å². The van der Waals surface area contributed by atoms with Gasteiger partial charge in [0.15, 0.2) is 21.0 Å². The summed E-state index contributed by atoms with van der Waals surface area (Å²) in [7, 11) is -1.72. The Hall–Kier alpha value is -3.25. The number of nitrogens with zero attached hydrogens (tertiary/aromatic N) is 4. The smallest absolute Gasteiger partial charge is 0.333 e. The molecule has 1 N–H and O–H groups in total. The van der Waals surface area contributed by atoms with Crippen molar-refractivity contribution in [1.82, 2.24) is 24.0 Å². The Balaban J connectivity index is 2.00. The van der Waals surface area contributed by atoms with E-state index in [-0.39, 0.29) is 35.8 Å². The Morgan fingerprint density at radius 3 is 2.55 bits per heavy atom. The van der Waals surface area contributed by atoms with Gasteiger partial charge in [0, 0.05) is 26.0 Å². The van der Waals surface area contributed by atoms with E-state index in [2.05, 4.69) is 10.3 Å². The fourth-order valence-electron chi connectivity index (χ4n) is 3.34. The minimum absolute atomic E-state index is 0.0331. The van der Waals surface area contributed by atoms with Crippen LogP contribution in [-0.4, -0.2) is 64.8 Å². The number of hydrogen-bond acceptors (Lipinski definition) is 7. The topological polar surface area (TPSA) is 134 Å². The molecule has 33 heavy (non-hydrogen) atoms. The molecule has 0 aliphatic carbocycles. The Labute approximate surface area is 190 Å². The Bertz CT molecular complexity index is 1340. The average molecular weight is 478 g/mol. The summed E-state index contributed by atoms with van der Waals surface area (Å²) >= 11 is 0. The van der Waals surface area contributed by atoms with Crippen molar-refractivity contribution in [1.29, 1.82) is 0 Å². The molecule has 0 unspecified atom stereocenters. The van der Waals surface area contributed by atoms with Crippen LogP contribution in [0.4, 0.5) is 0 Å². The van der Waals surface area contributed by atoms with Crippen molar-refractivity contribution < 1.29 is 17.9 Å². The molecule has 0 bridgehead atoms. The first kappa shape index (κ1) is 24.4. The molecule has 178 valence electrons. The van der Waals surface area contributed by atoms with Crippen LogP contribution in [0.1, 0.15) is 12.5 Å². The molecule has 11 nitrogen and oxygen atoms in total. The summed E-state index contributed by atoms with van der Waals surface area (Å²) in [5.74, 6) is -0.881. The minimum atomic E-state index is -3.25. The van der Waals surface area contributed by atoms with Crippen LogP contribution >= 0.6 is 0 Å². The second-order valence-corrected chi connectivity index (χ2v) is 9.91. The van der Waals surface area contributed by atoms with Gasteiger partial charge < -0.3 is 14.6 Å². The summed E-state index contributed by atoms with van der Waals surface area (Å²) in [6, 6.07) is 9.21. The molecule has 0 spiro atoms. The van der Waals surface area contributed by atoms with Crippen molar-refractivity contribution >= 4 is 26.9 Å². The maximum absolute atomic E-state index is 13.2. The maximum Gasteiger partial charge on any atom is 0.333 e. The molecule has 3 aromatic rings. The van der Waals surface area contributed by atoms with Gasteiger partial charge >= 0.3 is 5.69 Å². The molecule has 0 fully saturated rings. The van der Waals surface area contributed by atoms with Gasteiger partial charge in [-0.25, -0.2) is 22.8 Å². The van der Waals surface area contributed by atoms with Crippen molar-refractivity contribution in [3.63, 3.8) is 0 Å². The zero-order chi connectivity index (χ0) is 24.0. The lowest BCUT2D eigenvalue weighted by Crippen LogP contribution is -2.45. The molecule has 0 saturated carbocycles. The molecule has 1 amide bonds. The monoisotopic (exact) mass is 477 g/mol. The van der Waals surface area contributed by atoms with Gasteiger partial charge in [-0.05, 0) is 5.56 Å². The first-order chi connectivity index (χ1) is 15.8. The summed E-state index contributed by atoms with van der Waals surface area (Å²) < 4.78 is 32.1. The largest absolute Gasteiger partial charge is 0.383 e. The normalized spacial score (nSPS) is 11.7. The minimum Gasteiger partial charge on any atom is -0.383 e. The molecule has 12 heteroatoms. The second kappa shape index (κ2) is 10.6. The average Bonchev–Trinajstić information content (AvgIpc) is 3.22. The van der Waals surface area contributed by atoms with E-state index < -0.39 is 33.5 Å². The van der Waals surface area contributed by atoms with Gasteiger partial charge in [0.1, 0.15) is 6.54 Å². The number of hydrogen-bond donors (Lipinski definition) is 1. The van der Waals surface area contributed by atoms with Crippen LogP contribution in [-0.2, 0) is 39.0 Å². The fourth-order valence-corrected chi connectivity index (χ4v) is 4.04. The summed E-state index contributed by atoms with van der Waals surface area (Å²) in [4.78, 5) is 43.1. The van der Waals surface area contributed by atoms with Crippen LogP contribution in [0.25, 0.3) is 11.2 Å². The van der Waals surface area contributed by atoms with Crippen LogP contribution < -0.4 is 16.6 Å². The number of carbonyl (C=O) groups is 1. The van der Waals surface area contributed by atoms with Gasteiger partial charge in [-0.2, -0.15) is 0 Å². The first-order valence-corrected chi connectivity index (χ1v) is 12.3. The number of sulfone groups is 1. The molecule has 0 aliphatic rings. The Kier molecular flexibility index (Phi) is 7.82. The molecular weight excluding hydrogens is 450 g/mol. The molecule has 0 saturated heterocycles. The first-order valence-electron chi connectivity index (χ1n) is 10.5. The molecule has 0 atom stereocenters. The van der Waals surface area contributed by atoms with E-state index in [1.165, 1.54) is 24.9 Å². The number of rotatable bonds is 11. The predicted molar refractivity (Wildman–Crippen MR) is 123 cm³/mol. The highest BCUT2D eigenvalue weighted by Crippen LogP contribution is 2.10. The van der Waals surface area contributed by atoms with E-state index in [9.17, 15) is 22.8 Å². The number of fused-ring (bicyclic) bond motifs is 1. The Morgan fingerprint density at radius 1 is 1.15 bits per heavy atom. The third-order valence-corrected chi connectivity index (χ3v) is 6.89. The van der Waals surface area contributed by atoms with Gasteiger partial charge in [-0.1, -0.05) is 37.3 Å². The Morgan fingerprint density at radius 2 is 1.88 bits per heavy atom. The van der Waals surface area contributed by atoms with Crippen LogP contribution in [0.3, 0.4) is 0 Å². The number of nitrogens with one attached hydrogen (secondary N) is 1. The van der Waals surface area contributed by atoms with Crippen molar-refractivity contribution in [3.05, 3.63) is 63.1 Å². The SMILES string of the molecule is CCS(=O)(=O)CCNC(=O)Cn1c(=O)c2c(ncn2CCOC)n(Cc2ccccc2)c1=O. The van der Waals surface area contributed by atoms with E-state index in [1.54, 1.807) is 4.57 Å². The quantitative estimate of drug-likeness (QED) is 0.397. The van der Waals surface area contributed by atoms with Crippen LogP contribution in [0, 0.1) is 0 Å². The van der Waals surface area contributed by atoms with Crippen molar-refractivity contribution in [2.75, 3.05) is 31.8 Å². The third kappa shape index (κ3) is 5.76. The molecule has 2 aromatic heterocycles. The molecule has 0 aliphatic heterocycles. The van der Waals surface area contributed by atoms with Gasteiger partial charge in [-0.3, -0.25) is 14.2 Å². The molecule has 1 aromatic carbocycles. The van der Waals surface area contributed by atoms with E-state index >= 15 is 0 Å². The van der Waals surface area contributed by atoms with E-state index in [4.69, 9.17) is 4.74 Å². The molecule has 2 heterocycles. The number of benzene rings is 1. The molecular formula is C21H27N5O6S. The summed E-state index contributed by atoms with van der Waals surface area (Å²) in [5, 5.41) is 2.47. The van der Waals surface area contributed by atoms with E-state index in [0.717, 1.165) is 10.1 Å². The van der Waals surface area contributed by atoms with Crippen LogP contribution in [0.2, 0.25) is 0 Å². The zero-order valence-corrected chi connectivity index (χ0v) is 19.4. The van der Waals surface area contributed by atoms with Crippen LogP contribution in [0.15, 0.2) is 46.2 Å². The third-order valence-electron chi connectivity index (χ3n) is 5.18. The summed E-state index contributed by atoms with van der Waals surface area (Å²) in [5.41, 5.74) is -0.0970. The number of imidazole rings is 1. The lowest BCUT2D eigenvalue weighted by atomic mass is 10.2.